The van der Waals surface area contributed by atoms with E-state index in [0.717, 1.165) is 43.0 Å². The summed E-state index contributed by atoms with van der Waals surface area (Å²) in [4.78, 5) is 15.4. The van der Waals surface area contributed by atoms with Gasteiger partial charge >= 0.3 is 0 Å². The number of nitrogens with one attached hydrogen (secondary N) is 1. The molecule has 1 amide bonds. The molecule has 1 aliphatic rings. The van der Waals surface area contributed by atoms with Crippen LogP contribution < -0.4 is 10.1 Å². The molecular weight excluding hydrogens is 432 g/mol. The van der Waals surface area contributed by atoms with Gasteiger partial charge < -0.3 is 10.1 Å². The molecule has 4 aromatic carbocycles. The van der Waals surface area contributed by atoms with Crippen LogP contribution >= 0.6 is 0 Å². The van der Waals surface area contributed by atoms with Gasteiger partial charge in [-0.15, -0.1) is 0 Å². The van der Waals surface area contributed by atoms with Crippen LogP contribution in [0.25, 0.3) is 10.8 Å². The van der Waals surface area contributed by atoms with Crippen LogP contribution in [0.3, 0.4) is 0 Å². The van der Waals surface area contributed by atoms with Crippen molar-refractivity contribution in [1.82, 2.24) is 10.2 Å². The Morgan fingerprint density at radius 2 is 1.51 bits per heavy atom. The van der Waals surface area contributed by atoms with Crippen molar-refractivity contribution in [3.63, 3.8) is 0 Å². The van der Waals surface area contributed by atoms with Crippen LogP contribution in [0.5, 0.6) is 11.5 Å². The van der Waals surface area contributed by atoms with Crippen molar-refractivity contribution in [1.29, 1.82) is 0 Å². The summed E-state index contributed by atoms with van der Waals surface area (Å²) in [5.41, 5.74) is 2.44. The minimum atomic E-state index is 0.0756. The second-order valence-electron chi connectivity index (χ2n) is 9.33. The number of rotatable bonds is 7. The summed E-state index contributed by atoms with van der Waals surface area (Å²) >= 11 is 0. The number of piperidine rings is 1. The maximum Gasteiger partial charge on any atom is 0.223 e. The average molecular weight is 465 g/mol. The van der Waals surface area contributed by atoms with Crippen LogP contribution in [-0.2, 0) is 11.3 Å². The van der Waals surface area contributed by atoms with Crippen molar-refractivity contribution in [3.8, 4) is 11.5 Å². The van der Waals surface area contributed by atoms with Gasteiger partial charge in [0.1, 0.15) is 11.5 Å². The molecule has 4 aromatic rings. The Hall–Kier alpha value is -3.63. The van der Waals surface area contributed by atoms with Crippen molar-refractivity contribution in [2.24, 2.45) is 5.92 Å². The summed E-state index contributed by atoms with van der Waals surface area (Å²) in [5.74, 6) is 1.84. The smallest absolute Gasteiger partial charge is 0.223 e. The summed E-state index contributed by atoms with van der Waals surface area (Å²) in [5, 5.41) is 5.74. The zero-order valence-corrected chi connectivity index (χ0v) is 20.2. The van der Waals surface area contributed by atoms with Crippen LogP contribution in [0.4, 0.5) is 0 Å². The number of nitrogens with zero attached hydrogens (tertiary/aromatic N) is 1. The maximum absolute atomic E-state index is 12.8. The first-order chi connectivity index (χ1) is 17.2. The molecule has 1 saturated heterocycles. The highest BCUT2D eigenvalue weighted by molar-refractivity contribution is 5.86. The van der Waals surface area contributed by atoms with E-state index in [1.807, 2.05) is 54.6 Å². The van der Waals surface area contributed by atoms with E-state index < -0.39 is 0 Å². The van der Waals surface area contributed by atoms with Crippen molar-refractivity contribution in [3.05, 3.63) is 108 Å². The van der Waals surface area contributed by atoms with Gasteiger partial charge in [-0.05, 0) is 79.0 Å². The first-order valence-electron chi connectivity index (χ1n) is 12.5. The third kappa shape index (κ3) is 5.55. The number of ether oxygens (including phenoxy) is 1. The lowest BCUT2D eigenvalue weighted by atomic mass is 9.92. The molecule has 0 saturated carbocycles. The van der Waals surface area contributed by atoms with E-state index in [0.29, 0.717) is 12.6 Å². The summed E-state index contributed by atoms with van der Waals surface area (Å²) in [6, 6.07) is 33.1. The van der Waals surface area contributed by atoms with Gasteiger partial charge in [0.15, 0.2) is 0 Å². The molecule has 5 rings (SSSR count). The van der Waals surface area contributed by atoms with E-state index in [4.69, 9.17) is 4.74 Å². The van der Waals surface area contributed by atoms with Crippen LogP contribution in [0.1, 0.15) is 36.9 Å². The Bertz CT molecular complexity index is 1260. The van der Waals surface area contributed by atoms with E-state index >= 15 is 0 Å². The fourth-order valence-electron chi connectivity index (χ4n) is 4.99. The number of carbonyl (C=O) groups is 1. The van der Waals surface area contributed by atoms with E-state index in [2.05, 4.69) is 59.6 Å². The standard InChI is InChI=1S/C31H32N2O2/c1-23(29-13-7-9-25-8-5-6-12-30(25)29)33-20-18-26(19-21-33)31(34)32-22-24-14-16-28(17-15-24)35-27-10-3-2-4-11-27/h2-17,23,26H,18-22H2,1H3,(H,32,34). The lowest BCUT2D eigenvalue weighted by molar-refractivity contribution is -0.126. The molecule has 1 aliphatic heterocycles. The average Bonchev–Trinajstić information content (AvgIpc) is 2.92. The van der Waals surface area contributed by atoms with Crippen LogP contribution in [0.15, 0.2) is 97.1 Å². The van der Waals surface area contributed by atoms with Gasteiger partial charge in [0.25, 0.3) is 0 Å². The number of carbonyl (C=O) groups excluding carboxylic acids is 1. The Labute approximate surface area is 207 Å². The summed E-state index contributed by atoms with van der Waals surface area (Å²) < 4.78 is 5.85. The maximum atomic E-state index is 12.8. The predicted octanol–water partition coefficient (Wildman–Crippen LogP) is 6.72. The van der Waals surface area contributed by atoms with Crippen molar-refractivity contribution in [2.75, 3.05) is 13.1 Å². The number of hydrogen-bond donors (Lipinski definition) is 1. The zero-order chi connectivity index (χ0) is 24.0. The van der Waals surface area contributed by atoms with Crippen molar-refractivity contribution >= 4 is 16.7 Å². The Kier molecular flexibility index (Phi) is 7.10. The van der Waals surface area contributed by atoms with Gasteiger partial charge in [-0.2, -0.15) is 0 Å². The topological polar surface area (TPSA) is 41.6 Å². The molecule has 4 heteroatoms. The molecule has 0 radical (unpaired) electrons. The second-order valence-corrected chi connectivity index (χ2v) is 9.33. The number of benzene rings is 4. The number of para-hydroxylation sites is 1. The van der Waals surface area contributed by atoms with Gasteiger partial charge in [-0.3, -0.25) is 9.69 Å². The summed E-state index contributed by atoms with van der Waals surface area (Å²) in [6.45, 7) is 4.70. The normalized spacial score (nSPS) is 15.6. The molecule has 0 spiro atoms. The minimum Gasteiger partial charge on any atom is -0.457 e. The summed E-state index contributed by atoms with van der Waals surface area (Å²) in [7, 11) is 0. The molecule has 0 bridgehead atoms. The fraction of sp³-hybridized carbons (Fsp3) is 0.258. The molecular formula is C31H32N2O2. The third-order valence-corrected chi connectivity index (χ3v) is 7.09. The minimum absolute atomic E-state index is 0.0756. The van der Waals surface area contributed by atoms with Crippen LogP contribution in [0.2, 0.25) is 0 Å². The third-order valence-electron chi connectivity index (χ3n) is 7.09. The van der Waals surface area contributed by atoms with Crippen LogP contribution in [0, 0.1) is 5.92 Å². The SMILES string of the molecule is CC(c1cccc2ccccc12)N1CCC(C(=O)NCc2ccc(Oc3ccccc3)cc2)CC1. The Balaban J connectivity index is 1.11. The van der Waals surface area contributed by atoms with Gasteiger partial charge in [0, 0.05) is 18.5 Å². The highest BCUT2D eigenvalue weighted by Gasteiger charge is 2.28. The van der Waals surface area contributed by atoms with Crippen molar-refractivity contribution < 1.29 is 9.53 Å². The first kappa shape index (κ1) is 23.1. The van der Waals surface area contributed by atoms with Gasteiger partial charge in [0.2, 0.25) is 5.91 Å². The molecule has 1 N–H and O–H groups in total. The van der Waals surface area contributed by atoms with E-state index in [9.17, 15) is 4.79 Å². The number of amides is 1. The van der Waals surface area contributed by atoms with Gasteiger partial charge in [0.05, 0.1) is 0 Å². The van der Waals surface area contributed by atoms with Crippen molar-refractivity contribution in [2.45, 2.75) is 32.4 Å². The quantitative estimate of drug-likeness (QED) is 0.330. The molecule has 4 nitrogen and oxygen atoms in total. The lowest BCUT2D eigenvalue weighted by Crippen LogP contribution is -2.41. The highest BCUT2D eigenvalue weighted by atomic mass is 16.5. The summed E-state index contributed by atoms with van der Waals surface area (Å²) in [6.07, 6.45) is 1.79. The van der Waals surface area contributed by atoms with E-state index in [-0.39, 0.29) is 11.8 Å². The fourth-order valence-corrected chi connectivity index (χ4v) is 4.99. The first-order valence-corrected chi connectivity index (χ1v) is 12.5. The predicted molar refractivity (Wildman–Crippen MR) is 141 cm³/mol. The zero-order valence-electron chi connectivity index (χ0n) is 20.2. The number of likely N-dealkylation sites (tertiary alicyclic amines) is 1. The van der Waals surface area contributed by atoms with Gasteiger partial charge in [-0.1, -0.05) is 72.8 Å². The molecule has 1 fully saturated rings. The molecule has 1 heterocycles. The van der Waals surface area contributed by atoms with E-state index in [1.54, 1.807) is 0 Å². The van der Waals surface area contributed by atoms with E-state index in [1.165, 1.54) is 16.3 Å². The lowest BCUT2D eigenvalue weighted by Gasteiger charge is -2.36. The highest BCUT2D eigenvalue weighted by Crippen LogP contribution is 2.31. The number of hydrogen-bond acceptors (Lipinski definition) is 3. The second kappa shape index (κ2) is 10.7. The molecule has 178 valence electrons. The van der Waals surface area contributed by atoms with Crippen LogP contribution in [-0.4, -0.2) is 23.9 Å². The number of fused-ring (bicyclic) bond motifs is 1. The van der Waals surface area contributed by atoms with Gasteiger partial charge in [-0.25, -0.2) is 0 Å². The molecule has 1 unspecified atom stereocenters. The molecule has 35 heavy (non-hydrogen) atoms. The molecule has 1 atom stereocenters. The molecule has 0 aromatic heterocycles. The molecule has 0 aliphatic carbocycles. The Morgan fingerprint density at radius 3 is 2.29 bits per heavy atom. The Morgan fingerprint density at radius 1 is 0.857 bits per heavy atom. The monoisotopic (exact) mass is 464 g/mol. The largest absolute Gasteiger partial charge is 0.457 e.